The van der Waals surface area contributed by atoms with Crippen molar-refractivity contribution in [2.45, 2.75) is 15.8 Å². The maximum Gasteiger partial charge on any atom is 0.240 e. The van der Waals surface area contributed by atoms with E-state index in [9.17, 15) is 16.8 Å². The lowest BCUT2D eigenvalue weighted by molar-refractivity contribution is 0.0172. The molecule has 152 valence electrons. The summed E-state index contributed by atoms with van der Waals surface area (Å²) in [6, 6.07) is 15.0. The third kappa shape index (κ3) is 5.18. The van der Waals surface area contributed by atoms with Crippen LogP contribution in [-0.4, -0.2) is 60.8 Å². The number of nitrogens with one attached hydrogen (secondary N) is 1. The van der Waals surface area contributed by atoms with E-state index >= 15 is 0 Å². The number of nitrogens with zero attached hydrogens (tertiary/aromatic N) is 1. The van der Waals surface area contributed by atoms with Gasteiger partial charge in [0.25, 0.3) is 0 Å². The average Bonchev–Trinajstić information content (AvgIpc) is 2.69. The molecule has 0 aromatic heterocycles. The normalized spacial score (nSPS) is 17.3. The molecule has 1 saturated heterocycles. The minimum Gasteiger partial charge on any atom is -0.379 e. The molecule has 3 rings (SSSR count). The molecule has 28 heavy (non-hydrogen) atoms. The Kier molecular flexibility index (Phi) is 6.51. The van der Waals surface area contributed by atoms with Gasteiger partial charge in [0.15, 0.2) is 9.84 Å². The summed E-state index contributed by atoms with van der Waals surface area (Å²) in [4.78, 5) is 2.10. The summed E-state index contributed by atoms with van der Waals surface area (Å²) in [6.07, 6.45) is 1.05. The monoisotopic (exact) mass is 424 g/mol. The van der Waals surface area contributed by atoms with Gasteiger partial charge in [-0.05, 0) is 23.8 Å². The molecule has 7 nitrogen and oxygen atoms in total. The number of hydrogen-bond donors (Lipinski definition) is 1. The van der Waals surface area contributed by atoms with E-state index in [0.29, 0.717) is 26.3 Å². The smallest absolute Gasteiger partial charge is 0.240 e. The Morgan fingerprint density at radius 3 is 2.25 bits per heavy atom. The predicted molar refractivity (Wildman–Crippen MR) is 106 cm³/mol. The molecule has 9 heteroatoms. The second-order valence-electron chi connectivity index (χ2n) is 6.67. The molecule has 0 bridgehead atoms. The first kappa shape index (κ1) is 20.9. The number of morpholine rings is 1. The van der Waals surface area contributed by atoms with Gasteiger partial charge in [-0.1, -0.05) is 36.4 Å². The van der Waals surface area contributed by atoms with Crippen LogP contribution in [-0.2, 0) is 24.6 Å². The molecule has 0 spiro atoms. The first-order chi connectivity index (χ1) is 13.3. The van der Waals surface area contributed by atoms with Crippen molar-refractivity contribution < 1.29 is 21.6 Å². The first-order valence-corrected chi connectivity index (χ1v) is 12.3. The van der Waals surface area contributed by atoms with Gasteiger partial charge in [-0.15, -0.1) is 0 Å². The maximum atomic E-state index is 12.8. The third-order valence-corrected chi connectivity index (χ3v) is 7.21. The molecular formula is C19H24N2O5S2. The van der Waals surface area contributed by atoms with Gasteiger partial charge in [0.1, 0.15) is 0 Å². The standard InChI is InChI=1S/C19H24N2O5S2/c1-27(22,23)17-8-5-9-18(14-17)28(24,25)20-15-19(16-6-3-2-4-7-16)21-10-12-26-13-11-21/h2-9,14,19-20H,10-13,15H2,1H3. The van der Waals surface area contributed by atoms with Gasteiger partial charge in [0, 0.05) is 31.9 Å². The minimum atomic E-state index is -3.86. The van der Waals surface area contributed by atoms with Crippen molar-refractivity contribution in [2.24, 2.45) is 0 Å². The van der Waals surface area contributed by atoms with Crippen LogP contribution in [0.25, 0.3) is 0 Å². The molecule has 1 fully saturated rings. The lowest BCUT2D eigenvalue weighted by Gasteiger charge is -2.34. The molecule has 1 aliphatic heterocycles. The van der Waals surface area contributed by atoms with Gasteiger partial charge in [-0.3, -0.25) is 4.90 Å². The van der Waals surface area contributed by atoms with E-state index in [1.54, 1.807) is 0 Å². The number of hydrogen-bond acceptors (Lipinski definition) is 6. The Hall–Kier alpha value is -1.78. The summed E-state index contributed by atoms with van der Waals surface area (Å²) < 4.78 is 57.1. The van der Waals surface area contributed by atoms with Crippen LogP contribution in [0.2, 0.25) is 0 Å². The Morgan fingerprint density at radius 2 is 1.61 bits per heavy atom. The molecule has 1 N–H and O–H groups in total. The Bertz CT molecular complexity index is 1000. The molecule has 1 unspecified atom stereocenters. The second-order valence-corrected chi connectivity index (χ2v) is 10.5. The highest BCUT2D eigenvalue weighted by Gasteiger charge is 2.25. The molecule has 1 atom stereocenters. The van der Waals surface area contributed by atoms with E-state index in [2.05, 4.69) is 9.62 Å². The maximum absolute atomic E-state index is 12.8. The van der Waals surface area contributed by atoms with Crippen molar-refractivity contribution in [3.63, 3.8) is 0 Å². The van der Waals surface area contributed by atoms with Crippen molar-refractivity contribution in [3.05, 3.63) is 60.2 Å². The van der Waals surface area contributed by atoms with Gasteiger partial charge in [0.2, 0.25) is 10.0 Å². The number of benzene rings is 2. The van der Waals surface area contributed by atoms with Crippen LogP contribution in [0.1, 0.15) is 11.6 Å². The fourth-order valence-electron chi connectivity index (χ4n) is 3.17. The number of ether oxygens (including phenoxy) is 1. The van der Waals surface area contributed by atoms with E-state index in [1.807, 2.05) is 30.3 Å². The quantitative estimate of drug-likeness (QED) is 0.723. The van der Waals surface area contributed by atoms with Gasteiger partial charge < -0.3 is 4.74 Å². The zero-order chi connectivity index (χ0) is 20.2. The van der Waals surface area contributed by atoms with Crippen molar-refractivity contribution in [3.8, 4) is 0 Å². The highest BCUT2D eigenvalue weighted by molar-refractivity contribution is 7.91. The summed E-state index contributed by atoms with van der Waals surface area (Å²) in [6.45, 7) is 2.81. The van der Waals surface area contributed by atoms with Crippen molar-refractivity contribution in [1.29, 1.82) is 0 Å². The molecule has 2 aromatic rings. The van der Waals surface area contributed by atoms with Crippen LogP contribution >= 0.6 is 0 Å². The van der Waals surface area contributed by atoms with E-state index < -0.39 is 19.9 Å². The topological polar surface area (TPSA) is 92.8 Å². The highest BCUT2D eigenvalue weighted by atomic mass is 32.2. The van der Waals surface area contributed by atoms with Crippen LogP contribution in [0.4, 0.5) is 0 Å². The molecule has 1 heterocycles. The second kappa shape index (κ2) is 8.71. The first-order valence-electron chi connectivity index (χ1n) is 8.94. The van der Waals surface area contributed by atoms with Gasteiger partial charge in [-0.25, -0.2) is 21.6 Å². The molecular weight excluding hydrogens is 400 g/mol. The van der Waals surface area contributed by atoms with Crippen LogP contribution < -0.4 is 4.72 Å². The van der Waals surface area contributed by atoms with E-state index in [1.165, 1.54) is 24.3 Å². The summed E-state index contributed by atoms with van der Waals surface area (Å²) in [7, 11) is -7.35. The Morgan fingerprint density at radius 1 is 0.964 bits per heavy atom. The van der Waals surface area contributed by atoms with E-state index in [4.69, 9.17) is 4.74 Å². The molecule has 0 saturated carbocycles. The van der Waals surface area contributed by atoms with Crippen molar-refractivity contribution in [2.75, 3.05) is 39.1 Å². The summed E-state index contributed by atoms with van der Waals surface area (Å²) in [5.41, 5.74) is 1.01. The van der Waals surface area contributed by atoms with Gasteiger partial charge >= 0.3 is 0 Å². The van der Waals surface area contributed by atoms with Crippen LogP contribution in [0, 0.1) is 0 Å². The van der Waals surface area contributed by atoms with Crippen molar-refractivity contribution in [1.82, 2.24) is 9.62 Å². The lowest BCUT2D eigenvalue weighted by Crippen LogP contribution is -2.43. The number of sulfone groups is 1. The van der Waals surface area contributed by atoms with Crippen LogP contribution in [0.15, 0.2) is 64.4 Å². The largest absolute Gasteiger partial charge is 0.379 e. The van der Waals surface area contributed by atoms with Gasteiger partial charge in [-0.2, -0.15) is 0 Å². The fourth-order valence-corrected chi connectivity index (χ4v) is 4.99. The third-order valence-electron chi connectivity index (χ3n) is 4.68. The van der Waals surface area contributed by atoms with Crippen LogP contribution in [0.5, 0.6) is 0 Å². The molecule has 0 aliphatic carbocycles. The minimum absolute atomic E-state index is 0.0248. The fraction of sp³-hybridized carbons (Fsp3) is 0.368. The summed E-state index contributed by atoms with van der Waals surface area (Å²) in [5.74, 6) is 0. The lowest BCUT2D eigenvalue weighted by atomic mass is 10.1. The van der Waals surface area contributed by atoms with E-state index in [-0.39, 0.29) is 22.4 Å². The summed E-state index contributed by atoms with van der Waals surface area (Å²) >= 11 is 0. The molecule has 1 aliphatic rings. The summed E-state index contributed by atoms with van der Waals surface area (Å²) in [5, 5.41) is 0. The van der Waals surface area contributed by atoms with E-state index in [0.717, 1.165) is 11.8 Å². The number of rotatable bonds is 7. The van der Waals surface area contributed by atoms with Crippen molar-refractivity contribution >= 4 is 19.9 Å². The zero-order valence-corrected chi connectivity index (χ0v) is 17.2. The Balaban J connectivity index is 1.82. The molecule has 0 amide bonds. The highest BCUT2D eigenvalue weighted by Crippen LogP contribution is 2.22. The molecule has 0 radical (unpaired) electrons. The zero-order valence-electron chi connectivity index (χ0n) is 15.6. The molecule has 2 aromatic carbocycles. The van der Waals surface area contributed by atoms with Crippen LogP contribution in [0.3, 0.4) is 0 Å². The Labute approximate surface area is 166 Å². The average molecular weight is 425 g/mol. The number of sulfonamides is 1. The predicted octanol–water partition coefficient (Wildman–Crippen LogP) is 1.44. The SMILES string of the molecule is CS(=O)(=O)c1cccc(S(=O)(=O)NCC(c2ccccc2)N2CCOCC2)c1. The van der Waals surface area contributed by atoms with Gasteiger partial charge in [0.05, 0.1) is 23.0 Å².